The van der Waals surface area contributed by atoms with Crippen LogP contribution >= 0.6 is 23.4 Å². The second kappa shape index (κ2) is 7.81. The Kier molecular flexibility index (Phi) is 5.23. The second-order valence-electron chi connectivity index (χ2n) is 6.39. The fraction of sp³-hybridized carbons (Fsp3) is 0.263. The van der Waals surface area contributed by atoms with E-state index in [-0.39, 0.29) is 11.2 Å². The molecule has 1 amide bonds. The number of anilines is 1. The van der Waals surface area contributed by atoms with E-state index < -0.39 is 0 Å². The normalized spacial score (nSPS) is 16.6. The van der Waals surface area contributed by atoms with E-state index in [1.54, 1.807) is 22.8 Å². The zero-order valence-corrected chi connectivity index (χ0v) is 16.9. The van der Waals surface area contributed by atoms with Crippen LogP contribution in [0.2, 0.25) is 5.02 Å². The van der Waals surface area contributed by atoms with Crippen LogP contribution in [-0.4, -0.2) is 45.0 Å². The smallest absolute Gasteiger partial charge is 0.240 e. The van der Waals surface area contributed by atoms with E-state index in [9.17, 15) is 4.79 Å². The predicted molar refractivity (Wildman–Crippen MR) is 109 cm³/mol. The van der Waals surface area contributed by atoms with Crippen LogP contribution < -0.4 is 9.64 Å². The summed E-state index contributed by atoms with van der Waals surface area (Å²) in [6, 6.07) is 13.2. The molecule has 0 aliphatic carbocycles. The Morgan fingerprint density at radius 1 is 1.21 bits per heavy atom. The lowest BCUT2D eigenvalue weighted by Gasteiger charge is -2.18. The molecule has 2 aromatic carbocycles. The van der Waals surface area contributed by atoms with Gasteiger partial charge in [0, 0.05) is 6.54 Å². The minimum absolute atomic E-state index is 0.00357. The molecule has 144 valence electrons. The van der Waals surface area contributed by atoms with Gasteiger partial charge in [0.05, 0.1) is 23.1 Å². The molecule has 1 unspecified atom stereocenters. The highest BCUT2D eigenvalue weighted by Gasteiger charge is 2.35. The van der Waals surface area contributed by atoms with E-state index in [4.69, 9.17) is 16.3 Å². The van der Waals surface area contributed by atoms with Crippen molar-refractivity contribution in [1.29, 1.82) is 0 Å². The number of hydrogen-bond acceptors (Lipinski definition) is 6. The largest absolute Gasteiger partial charge is 0.494 e. The van der Waals surface area contributed by atoms with Gasteiger partial charge in [0.15, 0.2) is 0 Å². The number of aryl methyl sites for hydroxylation is 1. The number of halogens is 1. The van der Waals surface area contributed by atoms with Gasteiger partial charge in [-0.1, -0.05) is 41.6 Å². The summed E-state index contributed by atoms with van der Waals surface area (Å²) in [5, 5.41) is 12.9. The number of aromatic nitrogens is 4. The molecule has 0 bridgehead atoms. The predicted octanol–water partition coefficient (Wildman–Crippen LogP) is 3.53. The summed E-state index contributed by atoms with van der Waals surface area (Å²) in [4.78, 5) is 14.7. The van der Waals surface area contributed by atoms with Crippen molar-refractivity contribution >= 4 is 35.0 Å². The number of hydrogen-bond donors (Lipinski definition) is 0. The second-order valence-corrected chi connectivity index (χ2v) is 7.96. The molecule has 1 aliphatic heterocycles. The maximum Gasteiger partial charge on any atom is 0.240 e. The van der Waals surface area contributed by atoms with Crippen molar-refractivity contribution in [3.63, 3.8) is 0 Å². The summed E-state index contributed by atoms with van der Waals surface area (Å²) < 4.78 is 7.06. The maximum atomic E-state index is 13.0. The van der Waals surface area contributed by atoms with Gasteiger partial charge >= 0.3 is 0 Å². The van der Waals surface area contributed by atoms with Crippen LogP contribution in [0, 0.1) is 6.92 Å². The third-order valence-corrected chi connectivity index (χ3v) is 6.06. The standard InChI is InChI=1S/C19H18ClN5O2S/c1-12-7-8-16(27-2)15(11-12)25-19(21-22-23-25)28-17-9-10-24(18(17)26)14-6-4-3-5-13(14)20/h3-8,11,17H,9-10H2,1-2H3. The number of thioether (sulfide) groups is 1. The van der Waals surface area contributed by atoms with Gasteiger partial charge < -0.3 is 9.64 Å². The number of rotatable bonds is 5. The van der Waals surface area contributed by atoms with E-state index in [1.165, 1.54) is 11.8 Å². The van der Waals surface area contributed by atoms with Crippen molar-refractivity contribution in [2.75, 3.05) is 18.6 Å². The summed E-state index contributed by atoms with van der Waals surface area (Å²) in [5.74, 6) is 0.666. The molecule has 3 aromatic rings. The number of para-hydroxylation sites is 1. The summed E-state index contributed by atoms with van der Waals surface area (Å²) in [5.41, 5.74) is 2.53. The quantitative estimate of drug-likeness (QED) is 0.634. The van der Waals surface area contributed by atoms with Gasteiger partial charge in [-0.3, -0.25) is 4.79 Å². The Bertz CT molecular complexity index is 1030. The van der Waals surface area contributed by atoms with Crippen LogP contribution in [0.1, 0.15) is 12.0 Å². The third-order valence-electron chi connectivity index (χ3n) is 4.55. The van der Waals surface area contributed by atoms with Crippen molar-refractivity contribution in [2.45, 2.75) is 23.8 Å². The minimum atomic E-state index is -0.281. The highest BCUT2D eigenvalue weighted by Crippen LogP contribution is 2.36. The highest BCUT2D eigenvalue weighted by atomic mass is 35.5. The molecular weight excluding hydrogens is 398 g/mol. The average molecular weight is 416 g/mol. The van der Waals surface area contributed by atoms with E-state index in [1.807, 2.05) is 43.3 Å². The van der Waals surface area contributed by atoms with Crippen molar-refractivity contribution in [3.05, 3.63) is 53.1 Å². The molecule has 28 heavy (non-hydrogen) atoms. The topological polar surface area (TPSA) is 73.1 Å². The fourth-order valence-corrected chi connectivity index (χ4v) is 4.43. The molecule has 0 radical (unpaired) electrons. The molecule has 0 N–H and O–H groups in total. The molecule has 9 heteroatoms. The zero-order valence-electron chi connectivity index (χ0n) is 15.4. The van der Waals surface area contributed by atoms with E-state index >= 15 is 0 Å². The van der Waals surface area contributed by atoms with Gasteiger partial charge in [-0.15, -0.1) is 5.10 Å². The van der Waals surface area contributed by atoms with Crippen molar-refractivity contribution in [1.82, 2.24) is 20.2 Å². The molecule has 0 saturated carbocycles. The summed E-state index contributed by atoms with van der Waals surface area (Å²) >= 11 is 7.62. The molecule has 1 saturated heterocycles. The number of tetrazole rings is 1. The first kappa shape index (κ1) is 18.8. The summed E-state index contributed by atoms with van der Waals surface area (Å²) in [6.45, 7) is 2.59. The monoisotopic (exact) mass is 415 g/mol. The summed E-state index contributed by atoms with van der Waals surface area (Å²) in [7, 11) is 1.60. The number of nitrogens with zero attached hydrogens (tertiary/aromatic N) is 5. The Morgan fingerprint density at radius 3 is 2.82 bits per heavy atom. The first-order valence-electron chi connectivity index (χ1n) is 8.74. The van der Waals surface area contributed by atoms with Gasteiger partial charge in [0.2, 0.25) is 11.1 Å². The first-order chi connectivity index (χ1) is 13.6. The number of carbonyl (C=O) groups is 1. The van der Waals surface area contributed by atoms with E-state index in [0.29, 0.717) is 28.9 Å². The molecule has 2 heterocycles. The lowest BCUT2D eigenvalue weighted by molar-refractivity contribution is -0.116. The van der Waals surface area contributed by atoms with Gasteiger partial charge in [0.1, 0.15) is 11.4 Å². The lowest BCUT2D eigenvalue weighted by atomic mass is 10.2. The number of benzene rings is 2. The molecule has 7 nitrogen and oxygen atoms in total. The van der Waals surface area contributed by atoms with Gasteiger partial charge in [-0.25, -0.2) is 0 Å². The van der Waals surface area contributed by atoms with Crippen LogP contribution in [0.25, 0.3) is 5.69 Å². The van der Waals surface area contributed by atoms with Crippen molar-refractivity contribution < 1.29 is 9.53 Å². The average Bonchev–Trinajstić information content (AvgIpc) is 3.30. The summed E-state index contributed by atoms with van der Waals surface area (Å²) in [6.07, 6.45) is 0.687. The minimum Gasteiger partial charge on any atom is -0.494 e. The van der Waals surface area contributed by atoms with Crippen LogP contribution in [0.15, 0.2) is 47.6 Å². The Balaban J connectivity index is 1.59. The van der Waals surface area contributed by atoms with Crippen molar-refractivity contribution in [2.24, 2.45) is 0 Å². The lowest BCUT2D eigenvalue weighted by Crippen LogP contribution is -2.28. The molecule has 0 spiro atoms. The zero-order chi connectivity index (χ0) is 19.7. The van der Waals surface area contributed by atoms with Gasteiger partial charge in [-0.05, 0) is 53.6 Å². The molecule has 1 atom stereocenters. The van der Waals surface area contributed by atoms with Crippen LogP contribution in [0.4, 0.5) is 5.69 Å². The van der Waals surface area contributed by atoms with Crippen LogP contribution in [-0.2, 0) is 4.79 Å². The molecule has 4 rings (SSSR count). The molecule has 1 aliphatic rings. The number of methoxy groups -OCH3 is 1. The number of carbonyl (C=O) groups excluding carboxylic acids is 1. The van der Waals surface area contributed by atoms with E-state index in [2.05, 4.69) is 15.5 Å². The number of amides is 1. The van der Waals surface area contributed by atoms with Gasteiger partial charge in [0.25, 0.3) is 0 Å². The Morgan fingerprint density at radius 2 is 2.04 bits per heavy atom. The molecule has 1 fully saturated rings. The maximum absolute atomic E-state index is 13.0. The Labute approximate surface area is 171 Å². The third kappa shape index (κ3) is 3.45. The van der Waals surface area contributed by atoms with Crippen molar-refractivity contribution in [3.8, 4) is 11.4 Å². The highest BCUT2D eigenvalue weighted by molar-refractivity contribution is 8.00. The molecular formula is C19H18ClN5O2S. The van der Waals surface area contributed by atoms with Crippen LogP contribution in [0.3, 0.4) is 0 Å². The van der Waals surface area contributed by atoms with Gasteiger partial charge in [-0.2, -0.15) is 4.68 Å². The fourth-order valence-electron chi connectivity index (χ4n) is 3.17. The SMILES string of the molecule is COc1ccc(C)cc1-n1nnnc1SC1CCN(c2ccccc2Cl)C1=O. The molecule has 1 aromatic heterocycles. The van der Waals surface area contributed by atoms with E-state index in [0.717, 1.165) is 16.9 Å². The first-order valence-corrected chi connectivity index (χ1v) is 10.00. The Hall–Kier alpha value is -2.58. The number of ether oxygens (including phenoxy) is 1. The van der Waals surface area contributed by atoms with Crippen LogP contribution in [0.5, 0.6) is 5.75 Å².